The number of carbonyl (C=O) groups is 1. The molecule has 0 bridgehead atoms. The Morgan fingerprint density at radius 2 is 1.89 bits per heavy atom. The summed E-state index contributed by atoms with van der Waals surface area (Å²) >= 11 is 0. The van der Waals surface area contributed by atoms with Crippen LogP contribution in [0.15, 0.2) is 59.1 Å². The van der Waals surface area contributed by atoms with Gasteiger partial charge in [-0.3, -0.25) is 4.79 Å². The summed E-state index contributed by atoms with van der Waals surface area (Å²) in [5.74, 6) is 2.02. The van der Waals surface area contributed by atoms with E-state index in [1.165, 1.54) is 5.56 Å². The molecule has 0 saturated carbocycles. The van der Waals surface area contributed by atoms with Gasteiger partial charge >= 0.3 is 0 Å². The summed E-state index contributed by atoms with van der Waals surface area (Å²) in [6.45, 7) is 3.66. The second-order valence-corrected chi connectivity index (χ2v) is 7.57. The van der Waals surface area contributed by atoms with E-state index in [0.717, 1.165) is 43.5 Å². The summed E-state index contributed by atoms with van der Waals surface area (Å²) in [6.07, 6.45) is 3.21. The number of nitrogens with zero attached hydrogens (tertiary/aromatic N) is 3. The van der Waals surface area contributed by atoms with Crippen LogP contribution in [0, 0.1) is 12.8 Å². The summed E-state index contributed by atoms with van der Waals surface area (Å²) in [5, 5.41) is 4.10. The number of aryl methyl sites for hydroxylation is 1. The van der Waals surface area contributed by atoms with Crippen molar-refractivity contribution in [3.05, 3.63) is 71.6 Å². The van der Waals surface area contributed by atoms with Crippen molar-refractivity contribution in [1.29, 1.82) is 0 Å². The Morgan fingerprint density at radius 3 is 2.64 bits per heavy atom. The first kappa shape index (κ1) is 18.4. The average molecular weight is 375 g/mol. The average Bonchev–Trinajstić information content (AvgIpc) is 3.18. The molecule has 1 aliphatic rings. The maximum atomic E-state index is 12.6. The number of hydrogen-bond acceptors (Lipinski definition) is 4. The minimum Gasteiger partial charge on any atom is -0.342 e. The first-order chi connectivity index (χ1) is 13.7. The van der Waals surface area contributed by atoms with Crippen LogP contribution < -0.4 is 0 Å². The van der Waals surface area contributed by atoms with Gasteiger partial charge in [0.05, 0.1) is 6.42 Å². The Kier molecular flexibility index (Phi) is 5.51. The fourth-order valence-electron chi connectivity index (χ4n) is 3.78. The molecule has 0 atom stereocenters. The van der Waals surface area contributed by atoms with Gasteiger partial charge in [-0.1, -0.05) is 65.3 Å². The topological polar surface area (TPSA) is 59.2 Å². The number of likely N-dealkylation sites (tertiary alicyclic amines) is 1. The van der Waals surface area contributed by atoms with Crippen molar-refractivity contribution in [3.63, 3.8) is 0 Å². The zero-order valence-electron chi connectivity index (χ0n) is 16.2. The molecule has 5 nitrogen and oxygen atoms in total. The lowest BCUT2D eigenvalue weighted by Gasteiger charge is -2.31. The van der Waals surface area contributed by atoms with Gasteiger partial charge in [0.25, 0.3) is 0 Å². The third-order valence-corrected chi connectivity index (χ3v) is 5.37. The molecule has 0 radical (unpaired) electrons. The fraction of sp³-hybridized carbons (Fsp3) is 0.348. The van der Waals surface area contributed by atoms with Crippen molar-refractivity contribution in [2.45, 2.75) is 32.6 Å². The van der Waals surface area contributed by atoms with Crippen LogP contribution in [-0.2, 0) is 17.6 Å². The first-order valence-electron chi connectivity index (χ1n) is 9.89. The van der Waals surface area contributed by atoms with Gasteiger partial charge in [0.2, 0.25) is 17.6 Å². The van der Waals surface area contributed by atoms with Gasteiger partial charge < -0.3 is 9.42 Å². The molecule has 4 rings (SSSR count). The standard InChI is InChI=1S/C23H25N3O2/c1-17-6-5-7-19(14-17)16-22(27)26-12-10-18(11-13-26)15-21-24-23(25-28-21)20-8-3-2-4-9-20/h2-9,14,18H,10-13,15-16H2,1H3. The van der Waals surface area contributed by atoms with E-state index in [0.29, 0.717) is 24.1 Å². The Bertz CT molecular complexity index is 928. The number of benzene rings is 2. The van der Waals surface area contributed by atoms with E-state index in [4.69, 9.17) is 4.52 Å². The summed E-state index contributed by atoms with van der Waals surface area (Å²) in [5.41, 5.74) is 3.25. The summed E-state index contributed by atoms with van der Waals surface area (Å²) in [7, 11) is 0. The number of piperidine rings is 1. The minimum atomic E-state index is 0.216. The number of aromatic nitrogens is 2. The highest BCUT2D eigenvalue weighted by Gasteiger charge is 2.24. The number of rotatable bonds is 5. The molecule has 0 N–H and O–H groups in total. The van der Waals surface area contributed by atoms with Crippen molar-refractivity contribution in [2.24, 2.45) is 5.92 Å². The molecule has 2 heterocycles. The lowest BCUT2D eigenvalue weighted by molar-refractivity contribution is -0.131. The molecular weight excluding hydrogens is 350 g/mol. The SMILES string of the molecule is Cc1cccc(CC(=O)N2CCC(Cc3nc(-c4ccccc4)no3)CC2)c1. The van der Waals surface area contributed by atoms with Crippen molar-refractivity contribution in [2.75, 3.05) is 13.1 Å². The van der Waals surface area contributed by atoms with Gasteiger partial charge in [0.15, 0.2) is 0 Å². The van der Waals surface area contributed by atoms with E-state index in [1.54, 1.807) is 0 Å². The quantitative estimate of drug-likeness (QED) is 0.674. The van der Waals surface area contributed by atoms with Crippen LogP contribution in [0.1, 0.15) is 29.9 Å². The molecule has 1 amide bonds. The normalized spacial score (nSPS) is 15.0. The maximum Gasteiger partial charge on any atom is 0.227 e. The summed E-state index contributed by atoms with van der Waals surface area (Å²) in [6, 6.07) is 18.0. The summed E-state index contributed by atoms with van der Waals surface area (Å²) in [4.78, 5) is 19.1. The second-order valence-electron chi connectivity index (χ2n) is 7.57. The van der Waals surface area contributed by atoms with Crippen molar-refractivity contribution < 1.29 is 9.32 Å². The van der Waals surface area contributed by atoms with Gasteiger partial charge in [-0.15, -0.1) is 0 Å². The van der Waals surface area contributed by atoms with E-state index < -0.39 is 0 Å². The highest BCUT2D eigenvalue weighted by atomic mass is 16.5. The van der Waals surface area contributed by atoms with Gasteiger partial charge in [-0.2, -0.15) is 4.98 Å². The maximum absolute atomic E-state index is 12.6. The van der Waals surface area contributed by atoms with Crippen molar-refractivity contribution in [3.8, 4) is 11.4 Å². The molecule has 1 saturated heterocycles. The van der Waals surface area contributed by atoms with Crippen molar-refractivity contribution in [1.82, 2.24) is 15.0 Å². The van der Waals surface area contributed by atoms with Crippen LogP contribution in [0.2, 0.25) is 0 Å². The Balaban J connectivity index is 1.28. The van der Waals surface area contributed by atoms with Gasteiger partial charge in [-0.25, -0.2) is 0 Å². The number of carbonyl (C=O) groups excluding carboxylic acids is 1. The van der Waals surface area contributed by atoms with Gasteiger partial charge in [0.1, 0.15) is 0 Å². The number of hydrogen-bond donors (Lipinski definition) is 0. The smallest absolute Gasteiger partial charge is 0.227 e. The molecule has 0 unspecified atom stereocenters. The molecule has 0 spiro atoms. The monoisotopic (exact) mass is 375 g/mol. The number of amides is 1. The van der Waals surface area contributed by atoms with Crippen LogP contribution in [0.4, 0.5) is 0 Å². The highest BCUT2D eigenvalue weighted by molar-refractivity contribution is 5.78. The minimum absolute atomic E-state index is 0.216. The highest BCUT2D eigenvalue weighted by Crippen LogP contribution is 2.23. The molecule has 1 aliphatic heterocycles. The van der Waals surface area contributed by atoms with Gasteiger partial charge in [0, 0.05) is 25.1 Å². The van der Waals surface area contributed by atoms with Crippen molar-refractivity contribution >= 4 is 5.91 Å². The van der Waals surface area contributed by atoms with E-state index in [9.17, 15) is 4.79 Å². The van der Waals surface area contributed by atoms with E-state index >= 15 is 0 Å². The van der Waals surface area contributed by atoms with Gasteiger partial charge in [-0.05, 0) is 31.2 Å². The molecular formula is C23H25N3O2. The van der Waals surface area contributed by atoms with Crippen LogP contribution in [0.3, 0.4) is 0 Å². The third kappa shape index (κ3) is 4.47. The lowest BCUT2D eigenvalue weighted by atomic mass is 9.93. The first-order valence-corrected chi connectivity index (χ1v) is 9.89. The third-order valence-electron chi connectivity index (χ3n) is 5.37. The predicted molar refractivity (Wildman–Crippen MR) is 108 cm³/mol. The molecule has 144 valence electrons. The Morgan fingerprint density at radius 1 is 1.11 bits per heavy atom. The zero-order chi connectivity index (χ0) is 19.3. The fourth-order valence-corrected chi connectivity index (χ4v) is 3.78. The zero-order valence-corrected chi connectivity index (χ0v) is 16.2. The molecule has 1 fully saturated rings. The second kappa shape index (κ2) is 8.38. The molecule has 2 aromatic carbocycles. The summed E-state index contributed by atoms with van der Waals surface area (Å²) < 4.78 is 5.44. The van der Waals surface area contributed by atoms with Crippen LogP contribution in [-0.4, -0.2) is 34.0 Å². The lowest BCUT2D eigenvalue weighted by Crippen LogP contribution is -2.39. The largest absolute Gasteiger partial charge is 0.342 e. The molecule has 5 heteroatoms. The van der Waals surface area contributed by atoms with E-state index in [1.807, 2.05) is 47.4 Å². The molecule has 3 aromatic rings. The van der Waals surface area contributed by atoms with Crippen LogP contribution in [0.25, 0.3) is 11.4 Å². The van der Waals surface area contributed by atoms with E-state index in [2.05, 4.69) is 29.2 Å². The van der Waals surface area contributed by atoms with Crippen LogP contribution >= 0.6 is 0 Å². The molecule has 1 aromatic heterocycles. The van der Waals surface area contributed by atoms with E-state index in [-0.39, 0.29) is 5.91 Å². The predicted octanol–water partition coefficient (Wildman–Crippen LogP) is 4.07. The Labute approximate surface area is 165 Å². The molecule has 28 heavy (non-hydrogen) atoms. The molecule has 0 aliphatic carbocycles. The Hall–Kier alpha value is -2.95. The van der Waals surface area contributed by atoms with Crippen LogP contribution in [0.5, 0.6) is 0 Å².